The van der Waals surface area contributed by atoms with E-state index in [-0.39, 0.29) is 12.1 Å². The van der Waals surface area contributed by atoms with Crippen LogP contribution in [0.15, 0.2) is 24.3 Å². The minimum absolute atomic E-state index is 0.0762. The second-order valence-corrected chi connectivity index (χ2v) is 3.62. The van der Waals surface area contributed by atoms with Gasteiger partial charge in [0.15, 0.2) is 0 Å². The largest absolute Gasteiger partial charge is 0.447 e. The minimum Gasteiger partial charge on any atom is -0.447 e. The lowest BCUT2D eigenvalue weighted by Gasteiger charge is -2.07. The summed E-state index contributed by atoms with van der Waals surface area (Å²) in [5.41, 5.74) is 1.99. The van der Waals surface area contributed by atoms with E-state index in [1.165, 1.54) is 0 Å². The standard InChI is InChI=1S/C10H11ClN2O2/c11-13-8-3-1-7(2-4-8)5-9-6-15-10(14)12-9/h1-4,9,13H,5-6H2,(H,12,14)/t9-/m0/s1. The fraction of sp³-hybridized carbons (Fsp3) is 0.300. The van der Waals surface area contributed by atoms with Crippen molar-refractivity contribution < 1.29 is 9.53 Å². The van der Waals surface area contributed by atoms with Crippen molar-refractivity contribution in [2.24, 2.45) is 0 Å². The van der Waals surface area contributed by atoms with Crippen LogP contribution in [0.25, 0.3) is 0 Å². The third-order valence-electron chi connectivity index (χ3n) is 2.28. The first-order valence-electron chi connectivity index (χ1n) is 4.67. The molecular weight excluding hydrogens is 216 g/mol. The summed E-state index contributed by atoms with van der Waals surface area (Å²) < 4.78 is 4.80. The quantitative estimate of drug-likeness (QED) is 0.774. The van der Waals surface area contributed by atoms with Crippen LogP contribution in [-0.2, 0) is 11.2 Å². The number of anilines is 1. The van der Waals surface area contributed by atoms with E-state index < -0.39 is 0 Å². The van der Waals surface area contributed by atoms with Gasteiger partial charge >= 0.3 is 6.09 Å². The van der Waals surface area contributed by atoms with Gasteiger partial charge in [0, 0.05) is 17.5 Å². The van der Waals surface area contributed by atoms with E-state index >= 15 is 0 Å². The van der Waals surface area contributed by atoms with Gasteiger partial charge in [-0.1, -0.05) is 12.1 Å². The molecule has 1 heterocycles. The maximum atomic E-state index is 10.8. The molecule has 2 N–H and O–H groups in total. The van der Waals surface area contributed by atoms with Crippen LogP contribution in [-0.4, -0.2) is 18.7 Å². The molecule has 1 saturated heterocycles. The van der Waals surface area contributed by atoms with E-state index in [0.29, 0.717) is 6.61 Å². The summed E-state index contributed by atoms with van der Waals surface area (Å²) >= 11 is 5.44. The second kappa shape index (κ2) is 4.40. The molecule has 1 aromatic rings. The molecule has 0 aromatic heterocycles. The molecule has 80 valence electrons. The molecule has 0 saturated carbocycles. The van der Waals surface area contributed by atoms with Crippen LogP contribution in [0.5, 0.6) is 0 Å². The number of carbonyl (C=O) groups excluding carboxylic acids is 1. The van der Waals surface area contributed by atoms with Crippen molar-refractivity contribution >= 4 is 23.6 Å². The zero-order chi connectivity index (χ0) is 10.7. The van der Waals surface area contributed by atoms with Crippen LogP contribution in [0.2, 0.25) is 0 Å². The van der Waals surface area contributed by atoms with E-state index in [0.717, 1.165) is 17.7 Å². The number of halogens is 1. The number of hydrogen-bond donors (Lipinski definition) is 2. The number of hydrogen-bond acceptors (Lipinski definition) is 3. The van der Waals surface area contributed by atoms with Gasteiger partial charge in [-0.3, -0.25) is 4.84 Å². The lowest BCUT2D eigenvalue weighted by atomic mass is 10.1. The van der Waals surface area contributed by atoms with Crippen LogP contribution in [0.1, 0.15) is 5.56 Å². The first-order valence-corrected chi connectivity index (χ1v) is 5.04. The maximum Gasteiger partial charge on any atom is 0.407 e. The fourth-order valence-corrected chi connectivity index (χ4v) is 1.65. The Hall–Kier alpha value is -1.42. The Balaban J connectivity index is 1.96. The molecule has 0 radical (unpaired) electrons. The smallest absolute Gasteiger partial charge is 0.407 e. The van der Waals surface area contributed by atoms with E-state index in [4.69, 9.17) is 16.5 Å². The van der Waals surface area contributed by atoms with Gasteiger partial charge in [-0.05, 0) is 24.1 Å². The average Bonchev–Trinajstić information content (AvgIpc) is 2.65. The predicted octanol–water partition coefficient (Wildman–Crippen LogP) is 1.90. The van der Waals surface area contributed by atoms with Gasteiger partial charge in [-0.2, -0.15) is 0 Å². The molecule has 1 amide bonds. The molecular formula is C10H11ClN2O2. The summed E-state index contributed by atoms with van der Waals surface area (Å²) in [5, 5.41) is 2.73. The zero-order valence-corrected chi connectivity index (χ0v) is 8.75. The molecule has 1 fully saturated rings. The highest BCUT2D eigenvalue weighted by Crippen LogP contribution is 2.13. The zero-order valence-electron chi connectivity index (χ0n) is 8.00. The van der Waals surface area contributed by atoms with Crippen LogP contribution in [0, 0.1) is 0 Å². The summed E-state index contributed by atoms with van der Waals surface area (Å²) in [6, 6.07) is 7.79. The Morgan fingerprint density at radius 2 is 2.20 bits per heavy atom. The minimum atomic E-state index is -0.334. The van der Waals surface area contributed by atoms with E-state index in [9.17, 15) is 4.79 Å². The number of nitrogens with one attached hydrogen (secondary N) is 2. The number of ether oxygens (including phenoxy) is 1. The Labute approximate surface area is 92.7 Å². The Bertz CT molecular complexity index is 353. The van der Waals surface area contributed by atoms with Gasteiger partial charge in [0.25, 0.3) is 0 Å². The summed E-state index contributed by atoms with van der Waals surface area (Å²) in [6.45, 7) is 0.439. The van der Waals surface area contributed by atoms with Gasteiger partial charge in [0.2, 0.25) is 0 Å². The molecule has 1 aromatic carbocycles. The third-order valence-corrected chi connectivity index (χ3v) is 2.50. The Morgan fingerprint density at radius 1 is 1.47 bits per heavy atom. The molecule has 0 unspecified atom stereocenters. The van der Waals surface area contributed by atoms with Gasteiger partial charge in [-0.15, -0.1) is 0 Å². The van der Waals surface area contributed by atoms with E-state index in [1.54, 1.807) is 0 Å². The number of amides is 1. The highest BCUT2D eigenvalue weighted by Gasteiger charge is 2.21. The molecule has 1 aliphatic heterocycles. The van der Waals surface area contributed by atoms with E-state index in [2.05, 4.69) is 10.2 Å². The number of rotatable bonds is 3. The highest BCUT2D eigenvalue weighted by molar-refractivity contribution is 6.23. The highest BCUT2D eigenvalue weighted by atomic mass is 35.5. The van der Waals surface area contributed by atoms with Crippen molar-refractivity contribution in [3.63, 3.8) is 0 Å². The fourth-order valence-electron chi connectivity index (χ4n) is 1.52. The second-order valence-electron chi connectivity index (χ2n) is 3.44. The van der Waals surface area contributed by atoms with Crippen molar-refractivity contribution in [3.8, 4) is 0 Å². The molecule has 15 heavy (non-hydrogen) atoms. The van der Waals surface area contributed by atoms with Crippen molar-refractivity contribution in [2.45, 2.75) is 12.5 Å². The first-order chi connectivity index (χ1) is 7.28. The van der Waals surface area contributed by atoms with Gasteiger partial charge in [-0.25, -0.2) is 4.79 Å². The predicted molar refractivity (Wildman–Crippen MR) is 57.9 cm³/mol. The van der Waals surface area contributed by atoms with Crippen molar-refractivity contribution in [1.29, 1.82) is 0 Å². The van der Waals surface area contributed by atoms with Crippen molar-refractivity contribution in [3.05, 3.63) is 29.8 Å². The van der Waals surface area contributed by atoms with Crippen LogP contribution in [0.4, 0.5) is 10.5 Å². The first kappa shape index (κ1) is 10.1. The average molecular weight is 227 g/mol. The van der Waals surface area contributed by atoms with Gasteiger partial charge < -0.3 is 10.1 Å². The molecule has 1 aliphatic rings. The van der Waals surface area contributed by atoms with E-state index in [1.807, 2.05) is 24.3 Å². The van der Waals surface area contributed by atoms with Crippen molar-refractivity contribution in [1.82, 2.24) is 5.32 Å². The van der Waals surface area contributed by atoms with Crippen molar-refractivity contribution in [2.75, 3.05) is 11.4 Å². The molecule has 5 heteroatoms. The third kappa shape index (κ3) is 2.53. The molecule has 0 bridgehead atoms. The van der Waals surface area contributed by atoms with Gasteiger partial charge in [0.05, 0.1) is 6.04 Å². The topological polar surface area (TPSA) is 50.4 Å². The summed E-state index contributed by atoms with van der Waals surface area (Å²) in [6.07, 6.45) is 0.438. The number of alkyl carbamates (subject to hydrolysis) is 1. The molecule has 1 atom stereocenters. The summed E-state index contributed by atoms with van der Waals surface area (Å²) in [5.74, 6) is 0. The Kier molecular flexibility index (Phi) is 2.97. The van der Waals surface area contributed by atoms with Crippen LogP contribution in [0.3, 0.4) is 0 Å². The lowest BCUT2D eigenvalue weighted by Crippen LogP contribution is -2.28. The summed E-state index contributed by atoms with van der Waals surface area (Å²) in [7, 11) is 0. The number of benzene rings is 1. The lowest BCUT2D eigenvalue weighted by molar-refractivity contribution is 0.177. The number of carbonyl (C=O) groups is 1. The van der Waals surface area contributed by atoms with Crippen LogP contribution >= 0.6 is 11.8 Å². The summed E-state index contributed by atoms with van der Waals surface area (Å²) in [4.78, 5) is 13.3. The molecule has 4 nitrogen and oxygen atoms in total. The Morgan fingerprint density at radius 3 is 2.73 bits per heavy atom. The molecule has 0 aliphatic carbocycles. The molecule has 0 spiro atoms. The normalized spacial score (nSPS) is 19.5. The molecule has 2 rings (SSSR count). The number of cyclic esters (lactones) is 1. The monoisotopic (exact) mass is 226 g/mol. The SMILES string of the molecule is O=C1N[C@@H](Cc2ccc(NCl)cc2)CO1. The van der Waals surface area contributed by atoms with Gasteiger partial charge in [0.1, 0.15) is 6.61 Å². The maximum absolute atomic E-state index is 10.8. The van der Waals surface area contributed by atoms with Crippen LogP contribution < -0.4 is 10.2 Å².